The maximum atomic E-state index is 4.41. The first-order chi connectivity index (χ1) is 10.9. The number of aromatic nitrogens is 1. The summed E-state index contributed by atoms with van der Waals surface area (Å²) < 4.78 is 0. The number of nitrogens with zero attached hydrogens (tertiary/aromatic N) is 1. The number of pyridine rings is 1. The summed E-state index contributed by atoms with van der Waals surface area (Å²) in [6.07, 6.45) is 5.44. The first-order valence-electron chi connectivity index (χ1n) is 7.89. The SMILES string of the molecule is CCCCc1cccc(-c2cc[c-]c(-c3ccccn3)c2)c1.[Ir]. The third-order valence-electron chi connectivity index (χ3n) is 3.82. The van der Waals surface area contributed by atoms with Crippen LogP contribution in [0.5, 0.6) is 0 Å². The van der Waals surface area contributed by atoms with Crippen molar-refractivity contribution in [3.05, 3.63) is 78.5 Å². The zero-order valence-electron chi connectivity index (χ0n) is 13.3. The van der Waals surface area contributed by atoms with Crippen LogP contribution >= 0.6 is 0 Å². The van der Waals surface area contributed by atoms with E-state index >= 15 is 0 Å². The molecule has 23 heavy (non-hydrogen) atoms. The van der Waals surface area contributed by atoms with Crippen LogP contribution in [0.25, 0.3) is 22.4 Å². The monoisotopic (exact) mass is 479 g/mol. The minimum absolute atomic E-state index is 0. The van der Waals surface area contributed by atoms with E-state index in [1.165, 1.54) is 29.5 Å². The summed E-state index contributed by atoms with van der Waals surface area (Å²) in [5.41, 5.74) is 5.90. The molecule has 2 aromatic carbocycles. The van der Waals surface area contributed by atoms with Crippen molar-refractivity contribution >= 4 is 0 Å². The fraction of sp³-hybridized carbons (Fsp3) is 0.190. The maximum Gasteiger partial charge on any atom is 0.0160 e. The van der Waals surface area contributed by atoms with Crippen LogP contribution in [0.15, 0.2) is 66.9 Å². The summed E-state index contributed by atoms with van der Waals surface area (Å²) >= 11 is 0. The van der Waals surface area contributed by atoms with Gasteiger partial charge in [-0.3, -0.25) is 0 Å². The van der Waals surface area contributed by atoms with Crippen LogP contribution in [0.4, 0.5) is 0 Å². The van der Waals surface area contributed by atoms with Crippen molar-refractivity contribution < 1.29 is 20.1 Å². The van der Waals surface area contributed by atoms with Gasteiger partial charge in [-0.05, 0) is 35.7 Å². The smallest absolute Gasteiger partial charge is 0.0160 e. The Balaban J connectivity index is 0.00000192. The van der Waals surface area contributed by atoms with Crippen LogP contribution < -0.4 is 0 Å². The summed E-state index contributed by atoms with van der Waals surface area (Å²) in [6, 6.07) is 24.4. The molecule has 0 N–H and O–H groups in total. The quantitative estimate of drug-likeness (QED) is 0.438. The summed E-state index contributed by atoms with van der Waals surface area (Å²) in [5, 5.41) is 0. The van der Waals surface area contributed by atoms with Crippen molar-refractivity contribution in [1.82, 2.24) is 4.98 Å². The first-order valence-corrected chi connectivity index (χ1v) is 7.89. The van der Waals surface area contributed by atoms with Crippen molar-refractivity contribution in [3.8, 4) is 22.4 Å². The molecule has 0 spiro atoms. The van der Waals surface area contributed by atoms with E-state index in [1.807, 2.05) is 30.5 Å². The van der Waals surface area contributed by atoms with E-state index in [2.05, 4.69) is 54.4 Å². The molecule has 0 amide bonds. The average molecular weight is 479 g/mol. The Morgan fingerprint density at radius 2 is 1.83 bits per heavy atom. The van der Waals surface area contributed by atoms with Gasteiger partial charge in [0, 0.05) is 26.3 Å². The zero-order valence-corrected chi connectivity index (χ0v) is 15.6. The molecule has 0 saturated heterocycles. The van der Waals surface area contributed by atoms with Crippen LogP contribution in [0.1, 0.15) is 25.3 Å². The Kier molecular flexibility index (Phi) is 6.70. The largest absolute Gasteiger partial charge is 0.305 e. The van der Waals surface area contributed by atoms with Gasteiger partial charge in [0.1, 0.15) is 0 Å². The molecule has 1 aromatic heterocycles. The van der Waals surface area contributed by atoms with Gasteiger partial charge >= 0.3 is 0 Å². The molecule has 0 bridgehead atoms. The van der Waals surface area contributed by atoms with E-state index in [0.717, 1.165) is 17.7 Å². The molecule has 3 rings (SSSR count). The van der Waals surface area contributed by atoms with Gasteiger partial charge in [-0.2, -0.15) is 0 Å². The molecule has 0 atom stereocenters. The average Bonchev–Trinajstić information content (AvgIpc) is 2.61. The van der Waals surface area contributed by atoms with Gasteiger partial charge in [0.2, 0.25) is 0 Å². The van der Waals surface area contributed by atoms with Gasteiger partial charge in [-0.25, -0.2) is 0 Å². The van der Waals surface area contributed by atoms with Crippen LogP contribution in [-0.4, -0.2) is 4.98 Å². The molecule has 1 radical (unpaired) electrons. The molecular weight excluding hydrogens is 458 g/mol. The van der Waals surface area contributed by atoms with E-state index < -0.39 is 0 Å². The third-order valence-corrected chi connectivity index (χ3v) is 3.82. The predicted molar refractivity (Wildman–Crippen MR) is 92.6 cm³/mol. The molecule has 1 heterocycles. The van der Waals surface area contributed by atoms with E-state index in [4.69, 9.17) is 0 Å². The van der Waals surface area contributed by atoms with Crippen LogP contribution in [0.3, 0.4) is 0 Å². The molecule has 0 aliphatic rings. The van der Waals surface area contributed by atoms with Gasteiger partial charge in [-0.15, -0.1) is 35.4 Å². The second-order valence-corrected chi connectivity index (χ2v) is 5.51. The molecule has 1 nitrogen and oxygen atoms in total. The zero-order chi connectivity index (χ0) is 15.2. The van der Waals surface area contributed by atoms with Gasteiger partial charge in [0.15, 0.2) is 0 Å². The second kappa shape index (κ2) is 8.76. The predicted octanol–water partition coefficient (Wildman–Crippen LogP) is 5.56. The van der Waals surface area contributed by atoms with Crippen molar-refractivity contribution in [1.29, 1.82) is 0 Å². The van der Waals surface area contributed by atoms with E-state index in [-0.39, 0.29) is 20.1 Å². The van der Waals surface area contributed by atoms with E-state index in [0.29, 0.717) is 0 Å². The molecule has 0 aliphatic carbocycles. The summed E-state index contributed by atoms with van der Waals surface area (Å²) in [6.45, 7) is 2.23. The number of aryl methyl sites for hydroxylation is 1. The Hall–Kier alpha value is -1.76. The van der Waals surface area contributed by atoms with Gasteiger partial charge < -0.3 is 4.98 Å². The fourth-order valence-electron chi connectivity index (χ4n) is 2.60. The van der Waals surface area contributed by atoms with Gasteiger partial charge in [0.05, 0.1) is 0 Å². The molecule has 119 valence electrons. The Morgan fingerprint density at radius 3 is 2.61 bits per heavy atom. The van der Waals surface area contributed by atoms with Crippen LogP contribution in [-0.2, 0) is 26.5 Å². The molecule has 0 saturated carbocycles. The topological polar surface area (TPSA) is 12.9 Å². The minimum Gasteiger partial charge on any atom is -0.305 e. The number of unbranched alkanes of at least 4 members (excludes halogenated alkanes) is 1. The minimum atomic E-state index is 0. The standard InChI is InChI=1S/C21H20N.Ir/c1-2-3-8-17-9-6-10-18(15-17)19-11-7-12-20(16-19)21-13-4-5-14-22-21;/h4-7,9-11,13-16H,2-3,8H2,1H3;/q-1;. The molecule has 0 fully saturated rings. The van der Waals surface area contributed by atoms with Crippen molar-refractivity contribution in [2.24, 2.45) is 0 Å². The second-order valence-electron chi connectivity index (χ2n) is 5.51. The Morgan fingerprint density at radius 1 is 0.957 bits per heavy atom. The Labute approximate surface area is 152 Å². The number of rotatable bonds is 5. The first kappa shape index (κ1) is 17.6. The molecule has 0 aliphatic heterocycles. The summed E-state index contributed by atoms with van der Waals surface area (Å²) in [7, 11) is 0. The number of benzene rings is 2. The third kappa shape index (κ3) is 4.60. The van der Waals surface area contributed by atoms with Crippen LogP contribution in [0.2, 0.25) is 0 Å². The summed E-state index contributed by atoms with van der Waals surface area (Å²) in [5.74, 6) is 0. The van der Waals surface area contributed by atoms with Crippen LogP contribution in [0, 0.1) is 6.07 Å². The Bertz CT molecular complexity index is 738. The summed E-state index contributed by atoms with van der Waals surface area (Å²) in [4.78, 5) is 4.41. The molecule has 0 unspecified atom stereocenters. The van der Waals surface area contributed by atoms with Crippen molar-refractivity contribution in [2.45, 2.75) is 26.2 Å². The molecule has 3 aromatic rings. The van der Waals surface area contributed by atoms with Gasteiger partial charge in [0.25, 0.3) is 0 Å². The maximum absolute atomic E-state index is 4.41. The fourth-order valence-corrected chi connectivity index (χ4v) is 2.60. The normalized spacial score (nSPS) is 10.1. The van der Waals surface area contributed by atoms with Crippen molar-refractivity contribution in [2.75, 3.05) is 0 Å². The molecular formula is C21H20IrN-. The molecule has 2 heteroatoms. The van der Waals surface area contributed by atoms with E-state index in [1.54, 1.807) is 0 Å². The number of hydrogen-bond acceptors (Lipinski definition) is 1. The van der Waals surface area contributed by atoms with Crippen molar-refractivity contribution in [3.63, 3.8) is 0 Å². The number of hydrogen-bond donors (Lipinski definition) is 0. The van der Waals surface area contributed by atoms with E-state index in [9.17, 15) is 0 Å². The van der Waals surface area contributed by atoms with Gasteiger partial charge in [-0.1, -0.05) is 49.7 Å².